The van der Waals surface area contributed by atoms with Crippen molar-refractivity contribution in [1.29, 1.82) is 0 Å². The monoisotopic (exact) mass is 303 g/mol. The number of carbonyl (C=O) groups excluding carboxylic acids is 1. The van der Waals surface area contributed by atoms with Crippen LogP contribution in [0.25, 0.3) is 0 Å². The predicted molar refractivity (Wildman–Crippen MR) is 70.9 cm³/mol. The van der Waals surface area contributed by atoms with Gasteiger partial charge in [-0.3, -0.25) is 4.79 Å². The van der Waals surface area contributed by atoms with E-state index in [0.29, 0.717) is 13.1 Å². The Balaban J connectivity index is 2.10. The molecule has 0 spiro atoms. The second-order valence-electron chi connectivity index (χ2n) is 4.90. The second kappa shape index (κ2) is 5.80. The number of likely N-dealkylation sites (N-methyl/N-ethyl adjacent to an activating group) is 1. The first-order chi connectivity index (χ1) is 9.76. The van der Waals surface area contributed by atoms with Crippen molar-refractivity contribution in [3.05, 3.63) is 23.8 Å². The molecule has 1 aliphatic rings. The molecule has 1 heterocycles. The number of benzene rings is 1. The highest BCUT2D eigenvalue weighted by Crippen LogP contribution is 2.29. The van der Waals surface area contributed by atoms with Crippen molar-refractivity contribution < 1.29 is 22.7 Å². The molecule has 0 unspecified atom stereocenters. The summed E-state index contributed by atoms with van der Waals surface area (Å²) in [7, 11) is 1.96. The zero-order valence-corrected chi connectivity index (χ0v) is 11.5. The van der Waals surface area contributed by atoms with Gasteiger partial charge in [0.15, 0.2) is 5.75 Å². The van der Waals surface area contributed by atoms with E-state index in [2.05, 4.69) is 9.64 Å². The van der Waals surface area contributed by atoms with Crippen LogP contribution in [0.4, 0.5) is 18.9 Å². The first kappa shape index (κ1) is 15.4. The molecule has 1 aromatic carbocycles. The number of nitrogens with two attached hydrogens (primary N) is 1. The number of alkyl halides is 3. The third-order valence-corrected chi connectivity index (χ3v) is 3.27. The molecular weight excluding hydrogens is 287 g/mol. The molecule has 0 atom stereocenters. The Labute approximate surface area is 120 Å². The number of carbonyl (C=O) groups is 1. The highest BCUT2D eigenvalue weighted by atomic mass is 19.4. The number of anilines is 1. The van der Waals surface area contributed by atoms with Crippen LogP contribution in [0, 0.1) is 0 Å². The van der Waals surface area contributed by atoms with E-state index in [1.54, 1.807) is 4.90 Å². The van der Waals surface area contributed by atoms with Gasteiger partial charge in [-0.15, -0.1) is 13.2 Å². The van der Waals surface area contributed by atoms with Gasteiger partial charge in [-0.25, -0.2) is 0 Å². The Morgan fingerprint density at radius 2 is 1.86 bits per heavy atom. The summed E-state index contributed by atoms with van der Waals surface area (Å²) in [5.74, 6) is -0.745. The minimum absolute atomic E-state index is 0.215. The summed E-state index contributed by atoms with van der Waals surface area (Å²) in [5.41, 5.74) is 5.55. The van der Waals surface area contributed by atoms with E-state index in [4.69, 9.17) is 5.73 Å². The van der Waals surface area contributed by atoms with Crippen LogP contribution in [-0.4, -0.2) is 55.3 Å². The third-order valence-electron chi connectivity index (χ3n) is 3.27. The molecular formula is C13H16F3N3O2. The number of amides is 1. The van der Waals surface area contributed by atoms with Gasteiger partial charge in [0, 0.05) is 31.7 Å². The Kier molecular flexibility index (Phi) is 4.26. The lowest BCUT2D eigenvalue weighted by atomic mass is 10.1. The van der Waals surface area contributed by atoms with Crippen molar-refractivity contribution in [3.63, 3.8) is 0 Å². The molecule has 1 fully saturated rings. The van der Waals surface area contributed by atoms with E-state index in [9.17, 15) is 18.0 Å². The van der Waals surface area contributed by atoms with E-state index in [-0.39, 0.29) is 17.2 Å². The number of rotatable bonds is 2. The molecule has 0 aliphatic carbocycles. The number of hydrogen-bond donors (Lipinski definition) is 1. The number of piperazine rings is 1. The topological polar surface area (TPSA) is 58.8 Å². The van der Waals surface area contributed by atoms with Gasteiger partial charge < -0.3 is 20.3 Å². The fraction of sp³-hybridized carbons (Fsp3) is 0.462. The molecule has 8 heteroatoms. The number of nitrogens with zero attached hydrogens (tertiary/aromatic N) is 2. The number of nitrogen functional groups attached to an aromatic ring is 1. The van der Waals surface area contributed by atoms with Crippen LogP contribution < -0.4 is 10.5 Å². The highest BCUT2D eigenvalue weighted by molar-refractivity contribution is 5.95. The van der Waals surface area contributed by atoms with Gasteiger partial charge in [0.05, 0.1) is 5.69 Å². The van der Waals surface area contributed by atoms with Crippen molar-refractivity contribution in [3.8, 4) is 5.75 Å². The second-order valence-corrected chi connectivity index (χ2v) is 4.90. The Bertz CT molecular complexity index is 526. The van der Waals surface area contributed by atoms with Crippen LogP contribution in [0.5, 0.6) is 5.75 Å². The van der Waals surface area contributed by atoms with Gasteiger partial charge >= 0.3 is 6.36 Å². The first-order valence-corrected chi connectivity index (χ1v) is 6.39. The minimum atomic E-state index is -4.81. The molecule has 0 aromatic heterocycles. The molecule has 2 N–H and O–H groups in total. The largest absolute Gasteiger partial charge is 0.573 e. The van der Waals surface area contributed by atoms with E-state index in [1.165, 1.54) is 12.1 Å². The maximum atomic E-state index is 12.2. The van der Waals surface area contributed by atoms with Crippen LogP contribution in [0.2, 0.25) is 0 Å². The maximum absolute atomic E-state index is 12.2. The Morgan fingerprint density at radius 3 is 2.38 bits per heavy atom. The van der Waals surface area contributed by atoms with Crippen molar-refractivity contribution in [1.82, 2.24) is 9.80 Å². The molecule has 1 aromatic rings. The van der Waals surface area contributed by atoms with Gasteiger partial charge in [0.2, 0.25) is 0 Å². The molecule has 1 aliphatic heterocycles. The molecule has 21 heavy (non-hydrogen) atoms. The van der Waals surface area contributed by atoms with Gasteiger partial charge in [0.25, 0.3) is 5.91 Å². The summed E-state index contributed by atoms with van der Waals surface area (Å²) in [5, 5.41) is 0. The van der Waals surface area contributed by atoms with E-state index >= 15 is 0 Å². The molecule has 0 bridgehead atoms. The van der Waals surface area contributed by atoms with Crippen LogP contribution in [-0.2, 0) is 0 Å². The van der Waals surface area contributed by atoms with E-state index in [1.807, 2.05) is 7.05 Å². The maximum Gasteiger partial charge on any atom is 0.573 e. The molecule has 116 valence electrons. The highest BCUT2D eigenvalue weighted by Gasteiger charge is 2.32. The molecule has 1 saturated heterocycles. The summed E-state index contributed by atoms with van der Waals surface area (Å²) in [6.07, 6.45) is -4.81. The number of halogens is 3. The summed E-state index contributed by atoms with van der Waals surface area (Å²) in [6, 6.07) is 3.56. The lowest BCUT2D eigenvalue weighted by molar-refractivity contribution is -0.274. The molecule has 1 amide bonds. The van der Waals surface area contributed by atoms with E-state index in [0.717, 1.165) is 19.2 Å². The van der Waals surface area contributed by atoms with Crippen LogP contribution >= 0.6 is 0 Å². The van der Waals surface area contributed by atoms with Crippen molar-refractivity contribution in [2.75, 3.05) is 39.0 Å². The van der Waals surface area contributed by atoms with Gasteiger partial charge in [-0.05, 0) is 25.2 Å². The lowest BCUT2D eigenvalue weighted by Gasteiger charge is -2.32. The summed E-state index contributed by atoms with van der Waals surface area (Å²) in [6.45, 7) is 2.68. The van der Waals surface area contributed by atoms with Gasteiger partial charge in [-0.2, -0.15) is 0 Å². The van der Waals surface area contributed by atoms with Crippen LogP contribution in [0.1, 0.15) is 10.4 Å². The Hall–Kier alpha value is -1.96. The lowest BCUT2D eigenvalue weighted by Crippen LogP contribution is -2.47. The molecule has 2 rings (SSSR count). The zero-order chi connectivity index (χ0) is 15.6. The summed E-state index contributed by atoms with van der Waals surface area (Å²) < 4.78 is 40.2. The standard InChI is InChI=1S/C13H16F3N3O2/c1-18-4-6-19(7-5-18)12(20)9-2-3-11(10(17)8-9)21-13(14,15)16/h2-3,8H,4-7,17H2,1H3. The normalized spacial score (nSPS) is 16.9. The molecule has 0 radical (unpaired) electrons. The fourth-order valence-corrected chi connectivity index (χ4v) is 2.09. The minimum Gasteiger partial charge on any atom is -0.404 e. The SMILES string of the molecule is CN1CCN(C(=O)c2ccc(OC(F)(F)F)c(N)c2)CC1. The average Bonchev–Trinajstić information content (AvgIpc) is 2.40. The van der Waals surface area contributed by atoms with Crippen LogP contribution in [0.3, 0.4) is 0 Å². The number of hydrogen-bond acceptors (Lipinski definition) is 4. The first-order valence-electron chi connectivity index (χ1n) is 6.39. The van der Waals surface area contributed by atoms with Crippen LogP contribution in [0.15, 0.2) is 18.2 Å². The van der Waals surface area contributed by atoms with Crippen molar-refractivity contribution in [2.24, 2.45) is 0 Å². The fourth-order valence-electron chi connectivity index (χ4n) is 2.09. The third kappa shape index (κ3) is 4.01. The summed E-state index contributed by atoms with van der Waals surface area (Å²) >= 11 is 0. The zero-order valence-electron chi connectivity index (χ0n) is 11.5. The predicted octanol–water partition coefficient (Wildman–Crippen LogP) is 1.55. The Morgan fingerprint density at radius 1 is 1.24 bits per heavy atom. The smallest absolute Gasteiger partial charge is 0.404 e. The van der Waals surface area contributed by atoms with Gasteiger partial charge in [-0.1, -0.05) is 0 Å². The average molecular weight is 303 g/mol. The van der Waals surface area contributed by atoms with Gasteiger partial charge in [0.1, 0.15) is 0 Å². The number of ether oxygens (including phenoxy) is 1. The van der Waals surface area contributed by atoms with E-state index < -0.39 is 12.1 Å². The molecule has 5 nitrogen and oxygen atoms in total. The van der Waals surface area contributed by atoms with Crippen molar-refractivity contribution in [2.45, 2.75) is 6.36 Å². The molecule has 0 saturated carbocycles. The van der Waals surface area contributed by atoms with Crippen molar-refractivity contribution >= 4 is 11.6 Å². The summed E-state index contributed by atoms with van der Waals surface area (Å²) in [4.78, 5) is 16.0. The quantitative estimate of drug-likeness (QED) is 0.842.